The van der Waals surface area contributed by atoms with Gasteiger partial charge in [0.1, 0.15) is 15.9 Å². The third kappa shape index (κ3) is 6.99. The van der Waals surface area contributed by atoms with Crippen molar-refractivity contribution in [1.82, 2.24) is 10.0 Å². The molecule has 0 saturated carbocycles. The highest BCUT2D eigenvalue weighted by molar-refractivity contribution is 7.86. The normalized spacial score (nSPS) is 15.2. The van der Waals surface area contributed by atoms with Crippen LogP contribution in [0.1, 0.15) is 52.3 Å². The Labute approximate surface area is 158 Å². The number of alkyl carbamates (subject to hydrolysis) is 1. The zero-order valence-electron chi connectivity index (χ0n) is 15.3. The number of rotatable bonds is 7. The van der Waals surface area contributed by atoms with Crippen LogP contribution < -0.4 is 10.0 Å². The van der Waals surface area contributed by atoms with Gasteiger partial charge in [0.05, 0.1) is 4.88 Å². The summed E-state index contributed by atoms with van der Waals surface area (Å²) in [7, 11) is -1.99. The lowest BCUT2D eigenvalue weighted by atomic mass is 9.99. The van der Waals surface area contributed by atoms with Crippen LogP contribution in [0.25, 0.3) is 0 Å². The molecule has 0 spiro atoms. The quantitative estimate of drug-likeness (QED) is 0.717. The minimum atomic E-state index is -2.66. The van der Waals surface area contributed by atoms with Gasteiger partial charge in [-0.1, -0.05) is 20.3 Å². The highest BCUT2D eigenvalue weighted by atomic mass is 32.2. The van der Waals surface area contributed by atoms with Crippen LogP contribution in [0.4, 0.5) is 13.6 Å². The maximum absolute atomic E-state index is 12.6. The molecule has 0 saturated heterocycles. The van der Waals surface area contributed by atoms with Crippen LogP contribution in [-0.4, -0.2) is 27.9 Å². The average Bonchev–Trinajstić information content (AvgIpc) is 3.00. The molecule has 1 heterocycles. The Morgan fingerprint density at radius 3 is 2.38 bits per heavy atom. The van der Waals surface area contributed by atoms with E-state index in [2.05, 4.69) is 10.0 Å². The molecule has 0 aromatic carbocycles. The van der Waals surface area contributed by atoms with E-state index in [4.69, 9.17) is 4.74 Å². The van der Waals surface area contributed by atoms with Crippen LogP contribution >= 0.6 is 11.3 Å². The number of carbonyl (C=O) groups is 2. The molecule has 0 aliphatic carbocycles. The number of thiophene rings is 1. The summed E-state index contributed by atoms with van der Waals surface area (Å²) in [5.74, 6) is -0.921. The Kier molecular flexibility index (Phi) is 8.14. The van der Waals surface area contributed by atoms with E-state index in [0.29, 0.717) is 17.8 Å². The summed E-state index contributed by atoms with van der Waals surface area (Å²) in [5.41, 5.74) is -0.730. The fraction of sp³-hybridized carbons (Fsp3) is 0.625. The number of hydrogen-bond acceptors (Lipinski definition) is 5. The molecule has 1 aromatic heterocycles. The van der Waals surface area contributed by atoms with E-state index in [1.807, 2.05) is 6.92 Å². The largest absolute Gasteiger partial charge is 0.444 e. The van der Waals surface area contributed by atoms with E-state index >= 15 is 0 Å². The van der Waals surface area contributed by atoms with Crippen molar-refractivity contribution in [2.75, 3.05) is 0 Å². The number of carbonyl (C=O) groups excluding carboxylic acids is 2. The molecule has 2 amide bonds. The molecule has 0 aliphatic heterocycles. The van der Waals surface area contributed by atoms with Gasteiger partial charge in [-0.05, 0) is 38.8 Å². The molecule has 26 heavy (non-hydrogen) atoms. The lowest BCUT2D eigenvalue weighted by molar-refractivity contribution is -0.122. The van der Waals surface area contributed by atoms with Crippen molar-refractivity contribution in [2.45, 2.75) is 63.3 Å². The van der Waals surface area contributed by atoms with E-state index in [9.17, 15) is 22.6 Å². The lowest BCUT2D eigenvalue weighted by Gasteiger charge is -2.26. The molecular formula is C16H24F2N2O4S2. The Hall–Kier alpha value is -1.55. The summed E-state index contributed by atoms with van der Waals surface area (Å²) in [6.45, 7) is 8.67. The minimum absolute atomic E-state index is 0.105. The van der Waals surface area contributed by atoms with E-state index in [1.54, 1.807) is 27.7 Å². The predicted molar refractivity (Wildman–Crippen MR) is 96.4 cm³/mol. The summed E-state index contributed by atoms with van der Waals surface area (Å²) in [4.78, 5) is 24.2. The Morgan fingerprint density at radius 2 is 1.92 bits per heavy atom. The Morgan fingerprint density at radius 1 is 1.31 bits per heavy atom. The first-order chi connectivity index (χ1) is 11.9. The van der Waals surface area contributed by atoms with Gasteiger partial charge < -0.3 is 10.1 Å². The van der Waals surface area contributed by atoms with E-state index in [1.165, 1.54) is 12.1 Å². The zero-order valence-corrected chi connectivity index (χ0v) is 16.9. The molecule has 6 nitrogen and oxygen atoms in total. The standard InChI is InChI=1S/C16H24F2N2O4S2/c1-6-9(2)12(19-15(22)24-16(3,4)5)14(21)20-26(23)11-8-7-10(25-11)13(17)18/h7-9,12-13H,6H2,1-5H3,(H,19,22)(H,20,21)/t9-,12-,26?/m0/s1. The van der Waals surface area contributed by atoms with Gasteiger partial charge in [0.25, 0.3) is 12.3 Å². The monoisotopic (exact) mass is 410 g/mol. The van der Waals surface area contributed by atoms with Crippen LogP contribution in [0, 0.1) is 5.92 Å². The van der Waals surface area contributed by atoms with Gasteiger partial charge in [-0.3, -0.25) is 9.52 Å². The van der Waals surface area contributed by atoms with E-state index in [-0.39, 0.29) is 15.0 Å². The summed E-state index contributed by atoms with van der Waals surface area (Å²) in [6.07, 6.45) is -2.85. The predicted octanol–water partition coefficient (Wildman–Crippen LogP) is 3.76. The molecule has 1 aromatic rings. The molecule has 0 radical (unpaired) electrons. The second kappa shape index (κ2) is 9.40. The van der Waals surface area contributed by atoms with Gasteiger partial charge in [-0.25, -0.2) is 17.8 Å². The highest BCUT2D eigenvalue weighted by Crippen LogP contribution is 2.28. The highest BCUT2D eigenvalue weighted by Gasteiger charge is 2.29. The third-order valence-electron chi connectivity index (χ3n) is 3.36. The second-order valence-corrected chi connectivity index (χ2v) is 9.26. The smallest absolute Gasteiger partial charge is 0.408 e. The van der Waals surface area contributed by atoms with Crippen molar-refractivity contribution in [3.8, 4) is 0 Å². The minimum Gasteiger partial charge on any atom is -0.444 e. The van der Waals surface area contributed by atoms with Gasteiger partial charge in [0.15, 0.2) is 11.0 Å². The molecule has 3 atom stereocenters. The fourth-order valence-electron chi connectivity index (χ4n) is 1.89. The van der Waals surface area contributed by atoms with Crippen LogP contribution in [-0.2, 0) is 20.5 Å². The summed E-state index contributed by atoms with van der Waals surface area (Å²) >= 11 is 0.662. The summed E-state index contributed by atoms with van der Waals surface area (Å²) in [5, 5.41) is 2.48. The van der Waals surface area contributed by atoms with Crippen molar-refractivity contribution >= 4 is 34.3 Å². The first-order valence-electron chi connectivity index (χ1n) is 8.04. The third-order valence-corrected chi connectivity index (χ3v) is 5.84. The van der Waals surface area contributed by atoms with E-state index < -0.39 is 41.1 Å². The summed E-state index contributed by atoms with van der Waals surface area (Å²) < 4.78 is 45.0. The topological polar surface area (TPSA) is 84.5 Å². The first kappa shape index (κ1) is 22.5. The maximum atomic E-state index is 12.6. The van der Waals surface area contributed by atoms with Crippen molar-refractivity contribution in [2.24, 2.45) is 5.92 Å². The van der Waals surface area contributed by atoms with Crippen molar-refractivity contribution in [1.29, 1.82) is 0 Å². The SMILES string of the molecule is CC[C@H](C)[C@H](NC(=O)OC(C)(C)C)C(=O)NS(=O)c1ccc(C(F)F)s1. The van der Waals surface area contributed by atoms with Crippen LogP contribution in [0.15, 0.2) is 16.3 Å². The number of hydrogen-bond donors (Lipinski definition) is 2. The number of halogens is 2. The van der Waals surface area contributed by atoms with Gasteiger partial charge in [-0.2, -0.15) is 0 Å². The van der Waals surface area contributed by atoms with Crippen molar-refractivity contribution < 1.29 is 27.3 Å². The van der Waals surface area contributed by atoms with Gasteiger partial charge in [-0.15, -0.1) is 11.3 Å². The molecule has 148 valence electrons. The van der Waals surface area contributed by atoms with E-state index in [0.717, 1.165) is 0 Å². The number of ether oxygens (including phenoxy) is 1. The van der Waals surface area contributed by atoms with Crippen LogP contribution in [0.3, 0.4) is 0 Å². The number of nitrogens with one attached hydrogen (secondary N) is 2. The van der Waals surface area contributed by atoms with Crippen LogP contribution in [0.5, 0.6) is 0 Å². The first-order valence-corrected chi connectivity index (χ1v) is 10.0. The van der Waals surface area contributed by atoms with Gasteiger partial charge >= 0.3 is 6.09 Å². The second-order valence-electron chi connectivity index (χ2n) is 6.70. The lowest BCUT2D eigenvalue weighted by Crippen LogP contribution is -2.51. The number of alkyl halides is 2. The molecule has 0 fully saturated rings. The van der Waals surface area contributed by atoms with Gasteiger partial charge in [0, 0.05) is 0 Å². The van der Waals surface area contributed by atoms with Crippen molar-refractivity contribution in [3.05, 3.63) is 17.0 Å². The van der Waals surface area contributed by atoms with Gasteiger partial charge in [0.2, 0.25) is 0 Å². The zero-order chi connectivity index (χ0) is 20.1. The average molecular weight is 411 g/mol. The molecule has 0 aliphatic rings. The van der Waals surface area contributed by atoms with Crippen molar-refractivity contribution in [3.63, 3.8) is 0 Å². The Balaban J connectivity index is 2.81. The van der Waals surface area contributed by atoms with Crippen LogP contribution in [0.2, 0.25) is 0 Å². The molecule has 2 N–H and O–H groups in total. The molecule has 0 bridgehead atoms. The number of amides is 2. The summed E-state index contributed by atoms with van der Waals surface area (Å²) in [6, 6.07) is 1.48. The molecule has 1 unspecified atom stereocenters. The maximum Gasteiger partial charge on any atom is 0.408 e. The molecule has 1 rings (SSSR count). The molecular weight excluding hydrogens is 386 g/mol. The fourth-order valence-corrected chi connectivity index (χ4v) is 3.80. The Bertz CT molecular complexity index is 659. The molecule has 10 heteroatoms.